The number of hydrogen-bond donors (Lipinski definition) is 2. The fourth-order valence-corrected chi connectivity index (χ4v) is 3.01. The zero-order valence-electron chi connectivity index (χ0n) is 11.3. The molecule has 4 aromatic carbocycles. The van der Waals surface area contributed by atoms with E-state index in [1.165, 1.54) is 21.5 Å². The van der Waals surface area contributed by atoms with Gasteiger partial charge in [-0.05, 0) is 37.8 Å². The van der Waals surface area contributed by atoms with Gasteiger partial charge in [-0.2, -0.15) is 0 Å². The Hall–Kier alpha value is -2.36. The predicted octanol–water partition coefficient (Wildman–Crippen LogP) is 2.83. The summed E-state index contributed by atoms with van der Waals surface area (Å²) in [5, 5.41) is 25.6. The van der Waals surface area contributed by atoms with Crippen LogP contribution in [0, 0.1) is 0 Å². The Morgan fingerprint density at radius 3 is 2.10 bits per heavy atom. The van der Waals surface area contributed by atoms with Crippen molar-refractivity contribution >= 4 is 44.9 Å². The lowest BCUT2D eigenvalue weighted by molar-refractivity contribution is 0.426. The van der Waals surface area contributed by atoms with Gasteiger partial charge in [0.2, 0.25) is 0 Å². The van der Waals surface area contributed by atoms with Crippen molar-refractivity contribution < 1.29 is 10.0 Å². The Labute approximate surface area is 122 Å². The lowest BCUT2D eigenvalue weighted by Crippen LogP contribution is -2.29. The molecule has 3 heteroatoms. The zero-order chi connectivity index (χ0) is 14.4. The minimum Gasteiger partial charge on any atom is -0.423 e. The lowest BCUT2D eigenvalue weighted by Gasteiger charge is -2.09. The molecule has 0 heterocycles. The molecular formula is C18H13BO2. The summed E-state index contributed by atoms with van der Waals surface area (Å²) >= 11 is 0. The first-order valence-corrected chi connectivity index (χ1v) is 6.94. The smallest absolute Gasteiger partial charge is 0.423 e. The van der Waals surface area contributed by atoms with Crippen LogP contribution in [0.15, 0.2) is 66.7 Å². The van der Waals surface area contributed by atoms with E-state index in [9.17, 15) is 10.0 Å². The normalized spacial score (nSPS) is 11.3. The van der Waals surface area contributed by atoms with Crippen molar-refractivity contribution in [1.29, 1.82) is 0 Å². The van der Waals surface area contributed by atoms with Gasteiger partial charge in [-0.15, -0.1) is 0 Å². The van der Waals surface area contributed by atoms with Gasteiger partial charge in [-0.1, -0.05) is 66.7 Å². The molecule has 0 amide bonds. The summed E-state index contributed by atoms with van der Waals surface area (Å²) in [4.78, 5) is 0. The molecule has 0 atom stereocenters. The lowest BCUT2D eigenvalue weighted by atomic mass is 9.79. The van der Waals surface area contributed by atoms with Gasteiger partial charge in [-0.3, -0.25) is 0 Å². The van der Waals surface area contributed by atoms with Crippen molar-refractivity contribution in [2.45, 2.75) is 0 Å². The first-order chi connectivity index (χ1) is 10.2. The summed E-state index contributed by atoms with van der Waals surface area (Å²) in [6.45, 7) is 0. The standard InChI is InChI=1S/C18H13BO2/c20-19(21)15-9-10-17-14(11-15)8-7-13-6-5-12-3-1-2-4-16(12)18(13)17/h1-11,20-21H. The van der Waals surface area contributed by atoms with Crippen molar-refractivity contribution in [2.24, 2.45) is 0 Å². The number of hydrogen-bond acceptors (Lipinski definition) is 2. The second-order valence-corrected chi connectivity index (χ2v) is 5.30. The highest BCUT2D eigenvalue weighted by Crippen LogP contribution is 2.31. The highest BCUT2D eigenvalue weighted by molar-refractivity contribution is 6.59. The number of rotatable bonds is 1. The Kier molecular flexibility index (Phi) is 2.71. The molecule has 0 radical (unpaired) electrons. The minimum absolute atomic E-state index is 0.516. The largest absolute Gasteiger partial charge is 0.488 e. The van der Waals surface area contributed by atoms with Gasteiger partial charge in [0.15, 0.2) is 0 Å². The Morgan fingerprint density at radius 1 is 0.619 bits per heavy atom. The van der Waals surface area contributed by atoms with Crippen LogP contribution in [0.3, 0.4) is 0 Å². The van der Waals surface area contributed by atoms with E-state index in [1.54, 1.807) is 6.07 Å². The fraction of sp³-hybridized carbons (Fsp3) is 0. The van der Waals surface area contributed by atoms with E-state index in [-0.39, 0.29) is 0 Å². The molecule has 0 aliphatic heterocycles. The van der Waals surface area contributed by atoms with Crippen LogP contribution in [-0.4, -0.2) is 17.2 Å². The molecule has 0 unspecified atom stereocenters. The number of benzene rings is 4. The van der Waals surface area contributed by atoms with Gasteiger partial charge < -0.3 is 10.0 Å². The Morgan fingerprint density at radius 2 is 1.29 bits per heavy atom. The highest BCUT2D eigenvalue weighted by atomic mass is 16.4. The fourth-order valence-electron chi connectivity index (χ4n) is 3.01. The molecule has 0 spiro atoms. The van der Waals surface area contributed by atoms with Crippen LogP contribution in [-0.2, 0) is 0 Å². The molecule has 0 aliphatic carbocycles. The Bertz CT molecular complexity index is 976. The molecule has 0 saturated carbocycles. The first-order valence-electron chi connectivity index (χ1n) is 6.94. The van der Waals surface area contributed by atoms with Crippen molar-refractivity contribution in [3.8, 4) is 0 Å². The van der Waals surface area contributed by atoms with Crippen molar-refractivity contribution in [3.05, 3.63) is 66.7 Å². The van der Waals surface area contributed by atoms with Crippen LogP contribution in [0.25, 0.3) is 32.3 Å². The summed E-state index contributed by atoms with van der Waals surface area (Å²) in [6.07, 6.45) is 0. The summed E-state index contributed by atoms with van der Waals surface area (Å²) < 4.78 is 0. The predicted molar refractivity (Wildman–Crippen MR) is 88.8 cm³/mol. The quantitative estimate of drug-likeness (QED) is 0.413. The maximum atomic E-state index is 9.32. The van der Waals surface area contributed by atoms with Crippen LogP contribution < -0.4 is 5.46 Å². The van der Waals surface area contributed by atoms with Crippen LogP contribution in [0.5, 0.6) is 0 Å². The molecule has 2 N–H and O–H groups in total. The zero-order valence-corrected chi connectivity index (χ0v) is 11.3. The van der Waals surface area contributed by atoms with Crippen LogP contribution in [0.4, 0.5) is 0 Å². The summed E-state index contributed by atoms with van der Waals surface area (Å²) in [5.74, 6) is 0. The van der Waals surface area contributed by atoms with Crippen molar-refractivity contribution in [3.63, 3.8) is 0 Å². The van der Waals surface area contributed by atoms with Gasteiger partial charge >= 0.3 is 7.12 Å². The topological polar surface area (TPSA) is 40.5 Å². The van der Waals surface area contributed by atoms with E-state index in [1.807, 2.05) is 30.3 Å². The maximum absolute atomic E-state index is 9.32. The molecule has 0 aliphatic rings. The van der Waals surface area contributed by atoms with Crippen LogP contribution in [0.2, 0.25) is 0 Å². The second-order valence-electron chi connectivity index (χ2n) is 5.30. The van der Waals surface area contributed by atoms with Crippen LogP contribution >= 0.6 is 0 Å². The summed E-state index contributed by atoms with van der Waals surface area (Å²) in [6, 6.07) is 22.3. The van der Waals surface area contributed by atoms with E-state index < -0.39 is 7.12 Å². The van der Waals surface area contributed by atoms with Gasteiger partial charge in [0, 0.05) is 0 Å². The average molecular weight is 272 g/mol. The third-order valence-electron chi connectivity index (χ3n) is 4.05. The van der Waals surface area contributed by atoms with E-state index in [0.29, 0.717) is 5.46 Å². The average Bonchev–Trinajstić information content (AvgIpc) is 2.53. The summed E-state index contributed by atoms with van der Waals surface area (Å²) in [7, 11) is -1.43. The molecule has 0 bridgehead atoms. The highest BCUT2D eigenvalue weighted by Gasteiger charge is 2.12. The van der Waals surface area contributed by atoms with E-state index in [0.717, 1.165) is 10.8 Å². The van der Waals surface area contributed by atoms with Gasteiger partial charge in [-0.25, -0.2) is 0 Å². The first kappa shape index (κ1) is 12.4. The molecule has 21 heavy (non-hydrogen) atoms. The SMILES string of the molecule is OB(O)c1ccc2c(ccc3ccc4ccccc4c32)c1. The van der Waals surface area contributed by atoms with Gasteiger partial charge in [0.1, 0.15) is 0 Å². The van der Waals surface area contributed by atoms with E-state index in [2.05, 4.69) is 30.3 Å². The van der Waals surface area contributed by atoms with E-state index in [4.69, 9.17) is 0 Å². The molecule has 0 fully saturated rings. The number of fused-ring (bicyclic) bond motifs is 5. The van der Waals surface area contributed by atoms with Crippen LogP contribution in [0.1, 0.15) is 0 Å². The van der Waals surface area contributed by atoms with Crippen molar-refractivity contribution in [1.82, 2.24) is 0 Å². The third kappa shape index (κ3) is 1.90. The molecule has 4 rings (SSSR count). The van der Waals surface area contributed by atoms with E-state index >= 15 is 0 Å². The molecule has 4 aromatic rings. The second kappa shape index (κ2) is 4.59. The van der Waals surface area contributed by atoms with Gasteiger partial charge in [0.05, 0.1) is 0 Å². The summed E-state index contributed by atoms with van der Waals surface area (Å²) in [5.41, 5.74) is 0.516. The monoisotopic (exact) mass is 272 g/mol. The molecular weight excluding hydrogens is 259 g/mol. The molecule has 0 aromatic heterocycles. The molecule has 100 valence electrons. The third-order valence-corrected chi connectivity index (χ3v) is 4.05. The van der Waals surface area contributed by atoms with Crippen molar-refractivity contribution in [2.75, 3.05) is 0 Å². The maximum Gasteiger partial charge on any atom is 0.488 e. The molecule has 2 nitrogen and oxygen atoms in total. The van der Waals surface area contributed by atoms with Gasteiger partial charge in [0.25, 0.3) is 0 Å². The minimum atomic E-state index is -1.43. The molecule has 0 saturated heterocycles. The Balaban J connectivity index is 2.19.